The second-order valence-electron chi connectivity index (χ2n) is 6.67. The van der Waals surface area contributed by atoms with Gasteiger partial charge in [0.05, 0.1) is 34.8 Å². The number of hydrogen-bond acceptors (Lipinski definition) is 9. The molecule has 0 saturated carbocycles. The fraction of sp³-hybridized carbons (Fsp3) is 0.227. The van der Waals surface area contributed by atoms with Crippen LogP contribution in [0.2, 0.25) is 0 Å². The van der Waals surface area contributed by atoms with Crippen LogP contribution in [0, 0.1) is 0 Å². The number of carbonyl (C=O) groups excluding carboxylic acids is 2. The zero-order valence-corrected chi connectivity index (χ0v) is 19.8. The van der Waals surface area contributed by atoms with E-state index in [1.54, 1.807) is 19.9 Å². The molecule has 3 aromatic rings. The summed E-state index contributed by atoms with van der Waals surface area (Å²) in [6.07, 6.45) is 1.75. The fourth-order valence-corrected chi connectivity index (χ4v) is 6.24. The number of thiophene rings is 2. The fourth-order valence-electron chi connectivity index (χ4n) is 3.51. The summed E-state index contributed by atoms with van der Waals surface area (Å²) in [6, 6.07) is 7.42. The Labute approximate surface area is 195 Å². The van der Waals surface area contributed by atoms with Gasteiger partial charge in [0.15, 0.2) is 0 Å². The van der Waals surface area contributed by atoms with Crippen LogP contribution < -0.4 is 20.5 Å². The molecule has 0 unspecified atom stereocenters. The Hall–Kier alpha value is -2.95. The summed E-state index contributed by atoms with van der Waals surface area (Å²) >= 11 is 4.03. The molecule has 0 aliphatic carbocycles. The van der Waals surface area contributed by atoms with Crippen molar-refractivity contribution < 1.29 is 19.1 Å². The van der Waals surface area contributed by atoms with Crippen LogP contribution in [0.15, 0.2) is 45.4 Å². The van der Waals surface area contributed by atoms with Crippen LogP contribution in [-0.4, -0.2) is 29.7 Å². The van der Waals surface area contributed by atoms with E-state index in [-0.39, 0.29) is 30.2 Å². The Balaban J connectivity index is 2.11. The number of ether oxygens (including phenoxy) is 2. The highest BCUT2D eigenvalue weighted by Crippen LogP contribution is 2.39. The van der Waals surface area contributed by atoms with Crippen LogP contribution in [0.5, 0.6) is 0 Å². The molecule has 166 valence electrons. The van der Waals surface area contributed by atoms with Gasteiger partial charge in [-0.1, -0.05) is 12.1 Å². The second kappa shape index (κ2) is 9.27. The van der Waals surface area contributed by atoms with Crippen LogP contribution in [0.1, 0.15) is 29.5 Å². The lowest BCUT2D eigenvalue weighted by Gasteiger charge is -2.25. The maximum absolute atomic E-state index is 13.3. The minimum Gasteiger partial charge on any atom is -0.463 e. The van der Waals surface area contributed by atoms with Gasteiger partial charge in [0.25, 0.3) is 5.56 Å². The molecule has 2 N–H and O–H groups in total. The van der Waals surface area contributed by atoms with Gasteiger partial charge < -0.3 is 15.2 Å². The highest BCUT2D eigenvalue weighted by Gasteiger charge is 2.40. The van der Waals surface area contributed by atoms with E-state index in [9.17, 15) is 14.4 Å². The molecule has 1 atom stereocenters. The largest absolute Gasteiger partial charge is 0.463 e. The topological polar surface area (TPSA) is 101 Å². The molecule has 32 heavy (non-hydrogen) atoms. The minimum absolute atomic E-state index is 0.0306. The van der Waals surface area contributed by atoms with Crippen molar-refractivity contribution in [1.29, 1.82) is 0 Å². The van der Waals surface area contributed by atoms with Gasteiger partial charge in [-0.15, -0.1) is 34.0 Å². The van der Waals surface area contributed by atoms with Gasteiger partial charge in [0, 0.05) is 9.75 Å². The first-order valence-corrected chi connectivity index (χ1v) is 12.4. The first-order chi connectivity index (χ1) is 15.5. The Morgan fingerprint density at radius 1 is 1.06 bits per heavy atom. The quantitative estimate of drug-likeness (QED) is 0.533. The van der Waals surface area contributed by atoms with Crippen molar-refractivity contribution >= 4 is 63.4 Å². The lowest BCUT2D eigenvalue weighted by atomic mass is 9.87. The lowest BCUT2D eigenvalue weighted by molar-refractivity contribution is -0.138. The second-order valence-corrected chi connectivity index (χ2v) is 9.66. The molecule has 0 saturated heterocycles. The van der Waals surface area contributed by atoms with E-state index in [4.69, 9.17) is 15.2 Å². The van der Waals surface area contributed by atoms with Crippen LogP contribution in [0.3, 0.4) is 0 Å². The SMILES string of the molecule is CCOC(=O)C1=C(N)n2c(s/c(=C/c3cccs3)c2=O)=C(C(=O)OCC)[C@H]1c1cccs1. The number of fused-ring (bicyclic) bond motifs is 1. The monoisotopic (exact) mass is 488 g/mol. The standard InChI is InChI=1S/C22H20N2O5S3/c1-3-28-21(26)16-15(13-8-6-10-31-13)17(22(27)29-4-2)20-24(18(16)23)19(25)14(32-20)11-12-7-5-9-30-12/h5-11,15H,3-4,23H2,1-2H3/b14-11+/t15-/m0/s1. The molecule has 0 spiro atoms. The normalized spacial score (nSPS) is 16.2. The third kappa shape index (κ3) is 3.85. The molecular weight excluding hydrogens is 468 g/mol. The molecule has 0 amide bonds. The highest BCUT2D eigenvalue weighted by atomic mass is 32.1. The molecule has 3 aromatic heterocycles. The number of esters is 2. The first kappa shape index (κ1) is 22.3. The summed E-state index contributed by atoms with van der Waals surface area (Å²) in [4.78, 5) is 41.1. The maximum atomic E-state index is 13.3. The van der Waals surface area contributed by atoms with Crippen molar-refractivity contribution in [3.05, 3.63) is 69.9 Å². The number of carbonyl (C=O) groups is 2. The Morgan fingerprint density at radius 2 is 1.72 bits per heavy atom. The molecular formula is C22H20N2O5S3. The van der Waals surface area contributed by atoms with E-state index >= 15 is 0 Å². The Bertz CT molecular complexity index is 1360. The van der Waals surface area contributed by atoms with Gasteiger partial charge in [-0.05, 0) is 42.8 Å². The first-order valence-electron chi connectivity index (χ1n) is 9.86. The van der Waals surface area contributed by atoms with E-state index in [2.05, 4.69) is 0 Å². The van der Waals surface area contributed by atoms with E-state index in [1.807, 2.05) is 35.0 Å². The van der Waals surface area contributed by atoms with Crippen molar-refractivity contribution in [3.63, 3.8) is 0 Å². The van der Waals surface area contributed by atoms with Crippen LogP contribution in [0.25, 0.3) is 17.5 Å². The number of thiazole rings is 1. The summed E-state index contributed by atoms with van der Waals surface area (Å²) in [5, 5.41) is 3.76. The van der Waals surface area contributed by atoms with Crippen molar-refractivity contribution in [2.45, 2.75) is 19.8 Å². The smallest absolute Gasteiger partial charge is 0.338 e. The van der Waals surface area contributed by atoms with Gasteiger partial charge >= 0.3 is 11.9 Å². The molecule has 1 aliphatic rings. The lowest BCUT2D eigenvalue weighted by Crippen LogP contribution is -2.41. The van der Waals surface area contributed by atoms with E-state index < -0.39 is 23.4 Å². The van der Waals surface area contributed by atoms with Crippen LogP contribution in [-0.2, 0) is 19.1 Å². The number of aromatic nitrogens is 1. The number of rotatable bonds is 6. The van der Waals surface area contributed by atoms with Crippen molar-refractivity contribution in [3.8, 4) is 0 Å². The van der Waals surface area contributed by atoms with Gasteiger partial charge in [0.1, 0.15) is 10.5 Å². The van der Waals surface area contributed by atoms with Gasteiger partial charge in [-0.25, -0.2) is 9.59 Å². The van der Waals surface area contributed by atoms with Crippen LogP contribution >= 0.6 is 34.0 Å². The number of nitrogens with zero attached hydrogens (tertiary/aromatic N) is 1. The summed E-state index contributed by atoms with van der Waals surface area (Å²) in [7, 11) is 0. The predicted octanol–water partition coefficient (Wildman–Crippen LogP) is 2.06. The molecule has 7 nitrogen and oxygen atoms in total. The summed E-state index contributed by atoms with van der Waals surface area (Å²) in [6.45, 7) is 3.67. The van der Waals surface area contributed by atoms with E-state index in [0.717, 1.165) is 21.1 Å². The van der Waals surface area contributed by atoms with Gasteiger partial charge in [0.2, 0.25) is 0 Å². The molecule has 10 heteroatoms. The molecule has 4 rings (SSSR count). The number of nitrogens with two attached hydrogens (primary N) is 1. The molecule has 4 heterocycles. The number of hydrogen-bond donors (Lipinski definition) is 1. The summed E-state index contributed by atoms with van der Waals surface area (Å²) < 4.78 is 12.6. The average Bonchev–Trinajstić information content (AvgIpc) is 3.51. The molecule has 0 radical (unpaired) electrons. The Kier molecular flexibility index (Phi) is 6.45. The highest BCUT2D eigenvalue weighted by molar-refractivity contribution is 7.11. The minimum atomic E-state index is -0.791. The van der Waals surface area contributed by atoms with Gasteiger partial charge in [-0.2, -0.15) is 0 Å². The molecule has 0 bridgehead atoms. The summed E-state index contributed by atoms with van der Waals surface area (Å²) in [5.41, 5.74) is 6.29. The van der Waals surface area contributed by atoms with E-state index in [0.29, 0.717) is 9.20 Å². The Morgan fingerprint density at radius 3 is 2.31 bits per heavy atom. The third-order valence-electron chi connectivity index (χ3n) is 4.78. The van der Waals surface area contributed by atoms with Crippen molar-refractivity contribution in [1.82, 2.24) is 4.57 Å². The van der Waals surface area contributed by atoms with Crippen molar-refractivity contribution in [2.24, 2.45) is 5.73 Å². The predicted molar refractivity (Wildman–Crippen MR) is 127 cm³/mol. The maximum Gasteiger partial charge on any atom is 0.338 e. The third-order valence-corrected chi connectivity index (χ3v) is 7.65. The van der Waals surface area contributed by atoms with Crippen molar-refractivity contribution in [2.75, 3.05) is 13.2 Å². The molecule has 0 aromatic carbocycles. The summed E-state index contributed by atoms with van der Waals surface area (Å²) in [5.74, 6) is -2.09. The average molecular weight is 489 g/mol. The van der Waals surface area contributed by atoms with E-state index in [1.165, 1.54) is 27.2 Å². The molecule has 0 fully saturated rings. The zero-order valence-electron chi connectivity index (χ0n) is 17.3. The molecule has 1 aliphatic heterocycles. The van der Waals surface area contributed by atoms with Crippen LogP contribution in [0.4, 0.5) is 0 Å². The zero-order chi connectivity index (χ0) is 22.8. The van der Waals surface area contributed by atoms with Gasteiger partial charge in [-0.3, -0.25) is 9.36 Å².